The van der Waals surface area contributed by atoms with Gasteiger partial charge in [-0.15, -0.1) is 0 Å². The van der Waals surface area contributed by atoms with Gasteiger partial charge in [0.05, 0.1) is 12.1 Å². The number of carbonyl (C=O) groups is 1. The molecule has 194 valence electrons. The van der Waals surface area contributed by atoms with Gasteiger partial charge in [-0.25, -0.2) is 0 Å². The van der Waals surface area contributed by atoms with E-state index < -0.39 is 13.9 Å². The summed E-state index contributed by atoms with van der Waals surface area (Å²) in [4.78, 5) is 15.1. The third-order valence-corrected chi connectivity index (χ3v) is 14.0. The van der Waals surface area contributed by atoms with Gasteiger partial charge < -0.3 is 18.7 Å². The number of aldehydes is 1. The third kappa shape index (κ3) is 7.00. The molecule has 0 bridgehead atoms. The molecule has 1 aliphatic rings. The molecule has 0 radical (unpaired) electrons. The summed E-state index contributed by atoms with van der Waals surface area (Å²) < 4.78 is 17.7. The zero-order valence-corrected chi connectivity index (χ0v) is 23.7. The molecular formula is C28H49NO4Si. The number of likely N-dealkylation sites (tertiary alicyclic amines) is 1. The number of nitrogens with zero attached hydrogens (tertiary/aromatic N) is 1. The van der Waals surface area contributed by atoms with E-state index in [0.29, 0.717) is 23.2 Å². The van der Waals surface area contributed by atoms with Gasteiger partial charge in [0, 0.05) is 26.3 Å². The van der Waals surface area contributed by atoms with E-state index in [-0.39, 0.29) is 12.8 Å². The first kappa shape index (κ1) is 29.2. The van der Waals surface area contributed by atoms with Crippen LogP contribution in [0.3, 0.4) is 0 Å². The molecule has 5 nitrogen and oxygen atoms in total. The van der Waals surface area contributed by atoms with E-state index in [2.05, 4.69) is 70.7 Å². The highest BCUT2D eigenvalue weighted by molar-refractivity contribution is 6.77. The second kappa shape index (κ2) is 13.9. The van der Waals surface area contributed by atoms with Crippen molar-refractivity contribution in [3.05, 3.63) is 35.9 Å². The fraction of sp³-hybridized carbons (Fsp3) is 0.750. The van der Waals surface area contributed by atoms with Gasteiger partial charge in [-0.2, -0.15) is 0 Å². The van der Waals surface area contributed by atoms with E-state index in [4.69, 9.17) is 13.9 Å². The molecule has 0 saturated carbocycles. The van der Waals surface area contributed by atoms with Crippen molar-refractivity contribution >= 4 is 14.6 Å². The Bertz CT molecular complexity index is 690. The topological polar surface area (TPSA) is 48.0 Å². The van der Waals surface area contributed by atoms with Crippen molar-refractivity contribution in [3.63, 3.8) is 0 Å². The SMILES string of the molecule is COCOC[C@H]1CCC[C@](C=O)(CCCO[Si](C(C)C)(C(C)C)C(C)C)N1Cc1ccccc1. The van der Waals surface area contributed by atoms with Gasteiger partial charge in [0.15, 0.2) is 8.32 Å². The number of hydrogen-bond donors (Lipinski definition) is 0. The highest BCUT2D eigenvalue weighted by Crippen LogP contribution is 2.43. The molecule has 1 fully saturated rings. The van der Waals surface area contributed by atoms with Crippen LogP contribution in [0.1, 0.15) is 79.2 Å². The fourth-order valence-electron chi connectivity index (χ4n) is 6.40. The number of rotatable bonds is 15. The molecule has 0 unspecified atom stereocenters. The molecule has 0 N–H and O–H groups in total. The average Bonchev–Trinajstić information content (AvgIpc) is 2.80. The monoisotopic (exact) mass is 491 g/mol. The summed E-state index contributed by atoms with van der Waals surface area (Å²) in [5.41, 5.74) is 2.46. The Morgan fingerprint density at radius 3 is 2.29 bits per heavy atom. The Labute approximate surface area is 209 Å². The summed E-state index contributed by atoms with van der Waals surface area (Å²) in [5.74, 6) is 0. The number of benzene rings is 1. The van der Waals surface area contributed by atoms with Gasteiger partial charge in [-0.3, -0.25) is 4.90 Å². The van der Waals surface area contributed by atoms with Gasteiger partial charge in [0.1, 0.15) is 13.1 Å². The van der Waals surface area contributed by atoms with Crippen molar-refractivity contribution in [2.75, 3.05) is 27.1 Å². The van der Waals surface area contributed by atoms with Crippen LogP contribution in [0.2, 0.25) is 16.6 Å². The van der Waals surface area contributed by atoms with E-state index in [0.717, 1.165) is 45.3 Å². The number of carbonyl (C=O) groups excluding carboxylic acids is 1. The lowest BCUT2D eigenvalue weighted by molar-refractivity contribution is -0.130. The summed E-state index contributed by atoms with van der Waals surface area (Å²) in [6.07, 6.45) is 5.91. The first-order chi connectivity index (χ1) is 16.2. The zero-order valence-electron chi connectivity index (χ0n) is 22.7. The van der Waals surface area contributed by atoms with Crippen LogP contribution in [-0.4, -0.2) is 58.2 Å². The number of hydrogen-bond acceptors (Lipinski definition) is 5. The maximum Gasteiger partial charge on any atom is 0.200 e. The van der Waals surface area contributed by atoms with Crippen molar-refractivity contribution in [2.45, 2.75) is 108 Å². The van der Waals surface area contributed by atoms with Gasteiger partial charge >= 0.3 is 0 Å². The van der Waals surface area contributed by atoms with Crippen LogP contribution in [0, 0.1) is 0 Å². The summed E-state index contributed by atoms with van der Waals surface area (Å²) in [7, 11) is -0.252. The smallest absolute Gasteiger partial charge is 0.200 e. The first-order valence-corrected chi connectivity index (χ1v) is 15.3. The predicted molar refractivity (Wildman–Crippen MR) is 142 cm³/mol. The molecule has 1 aromatic carbocycles. The van der Waals surface area contributed by atoms with Crippen LogP contribution in [0.4, 0.5) is 0 Å². The molecule has 0 amide bonds. The van der Waals surface area contributed by atoms with E-state index in [1.165, 1.54) is 11.8 Å². The predicted octanol–water partition coefficient (Wildman–Crippen LogP) is 6.57. The van der Waals surface area contributed by atoms with E-state index in [1.807, 2.05) is 6.07 Å². The summed E-state index contributed by atoms with van der Waals surface area (Å²) >= 11 is 0. The van der Waals surface area contributed by atoms with Gasteiger partial charge in [0.25, 0.3) is 0 Å². The van der Waals surface area contributed by atoms with Crippen molar-refractivity contribution < 1.29 is 18.7 Å². The third-order valence-electron chi connectivity index (χ3n) is 7.90. The molecule has 34 heavy (non-hydrogen) atoms. The largest absolute Gasteiger partial charge is 0.416 e. The average molecular weight is 492 g/mol. The number of ether oxygens (including phenoxy) is 2. The first-order valence-electron chi connectivity index (χ1n) is 13.2. The fourth-order valence-corrected chi connectivity index (χ4v) is 11.9. The van der Waals surface area contributed by atoms with Crippen LogP contribution in [0.5, 0.6) is 0 Å². The molecule has 2 rings (SSSR count). The maximum atomic E-state index is 12.7. The second-order valence-corrected chi connectivity index (χ2v) is 16.4. The molecule has 1 saturated heterocycles. The Morgan fingerprint density at radius 1 is 1.09 bits per heavy atom. The van der Waals surface area contributed by atoms with Crippen LogP contribution < -0.4 is 0 Å². The number of piperidine rings is 1. The van der Waals surface area contributed by atoms with E-state index in [1.54, 1.807) is 7.11 Å². The second-order valence-electron chi connectivity index (χ2n) is 10.9. The Hall–Kier alpha value is -1.05. The van der Waals surface area contributed by atoms with Crippen molar-refractivity contribution in [1.82, 2.24) is 4.90 Å². The quantitative estimate of drug-likeness (QED) is 0.120. The Morgan fingerprint density at radius 2 is 1.74 bits per heavy atom. The highest BCUT2D eigenvalue weighted by atomic mass is 28.4. The highest BCUT2D eigenvalue weighted by Gasteiger charge is 2.46. The number of methoxy groups -OCH3 is 1. The Kier molecular flexibility index (Phi) is 11.9. The van der Waals surface area contributed by atoms with E-state index >= 15 is 0 Å². The molecule has 2 atom stereocenters. The van der Waals surface area contributed by atoms with E-state index in [9.17, 15) is 4.79 Å². The molecule has 1 aromatic rings. The molecular weight excluding hydrogens is 442 g/mol. The van der Waals surface area contributed by atoms with Crippen molar-refractivity contribution in [2.24, 2.45) is 0 Å². The lowest BCUT2D eigenvalue weighted by Gasteiger charge is -2.49. The van der Waals surface area contributed by atoms with Crippen LogP contribution in [0.15, 0.2) is 30.3 Å². The lowest BCUT2D eigenvalue weighted by Crippen LogP contribution is -2.58. The summed E-state index contributed by atoms with van der Waals surface area (Å²) in [6.45, 7) is 16.3. The molecule has 0 aliphatic carbocycles. The van der Waals surface area contributed by atoms with Gasteiger partial charge in [0.2, 0.25) is 0 Å². The van der Waals surface area contributed by atoms with Gasteiger partial charge in [-0.1, -0.05) is 71.9 Å². The molecule has 1 aliphatic heterocycles. The summed E-state index contributed by atoms with van der Waals surface area (Å²) in [6, 6.07) is 10.7. The van der Waals surface area contributed by atoms with Crippen molar-refractivity contribution in [3.8, 4) is 0 Å². The molecule has 1 heterocycles. The van der Waals surface area contributed by atoms with Crippen molar-refractivity contribution in [1.29, 1.82) is 0 Å². The summed E-state index contributed by atoms with van der Waals surface area (Å²) in [5, 5.41) is 0. The lowest BCUT2D eigenvalue weighted by atomic mass is 9.80. The molecule has 6 heteroatoms. The molecule has 0 aromatic heterocycles. The van der Waals surface area contributed by atoms with Crippen LogP contribution >= 0.6 is 0 Å². The minimum absolute atomic E-state index is 0.200. The van der Waals surface area contributed by atoms with Crippen LogP contribution in [0.25, 0.3) is 0 Å². The Balaban J connectivity index is 2.17. The molecule has 0 spiro atoms. The standard InChI is InChI=1S/C28H49NO4Si/c1-23(2)34(24(3)4,25(5)6)33-18-12-17-28(21-30)16-11-15-27(20-32-22-31-7)29(28)19-26-13-9-8-10-14-26/h8-10,13-14,21,23-25,27H,11-12,15-20,22H2,1-7H3/t27-,28-/m1/s1. The minimum atomic E-state index is -1.90. The maximum absolute atomic E-state index is 12.7. The van der Waals surface area contributed by atoms with Crippen LogP contribution in [-0.2, 0) is 25.2 Å². The normalized spacial score (nSPS) is 22.1. The minimum Gasteiger partial charge on any atom is -0.416 e. The van der Waals surface area contributed by atoms with Gasteiger partial charge in [-0.05, 0) is 54.3 Å². The zero-order chi connectivity index (χ0) is 25.2.